The molecule has 2 unspecified atom stereocenters. The topological polar surface area (TPSA) is 43.4 Å². The minimum Gasteiger partial charge on any atom is -0.371 e. The second-order valence-electron chi connectivity index (χ2n) is 3.93. The van der Waals surface area contributed by atoms with Crippen molar-refractivity contribution < 1.29 is 13.2 Å². The lowest BCUT2D eigenvalue weighted by Gasteiger charge is -2.13. The van der Waals surface area contributed by atoms with Gasteiger partial charge in [-0.3, -0.25) is 0 Å². The van der Waals surface area contributed by atoms with Gasteiger partial charge < -0.3 is 4.74 Å². The highest BCUT2D eigenvalue weighted by Gasteiger charge is 2.37. The zero-order chi connectivity index (χ0) is 11.6. The Balaban J connectivity index is 1.92. The van der Waals surface area contributed by atoms with Gasteiger partial charge in [0, 0.05) is 0 Å². The van der Waals surface area contributed by atoms with Gasteiger partial charge in [0.25, 0.3) is 0 Å². The van der Waals surface area contributed by atoms with Crippen LogP contribution < -0.4 is 0 Å². The Hall–Kier alpha value is -0.580. The average Bonchev–Trinajstić information content (AvgIpc) is 2.50. The van der Waals surface area contributed by atoms with E-state index in [0.717, 1.165) is 5.56 Å². The third-order valence-corrected chi connectivity index (χ3v) is 4.86. The van der Waals surface area contributed by atoms with Crippen LogP contribution in [-0.2, 0) is 21.2 Å². The van der Waals surface area contributed by atoms with Crippen molar-refractivity contribution >= 4 is 21.4 Å². The fraction of sp³-hybridized carbons (Fsp3) is 0.455. The normalized spacial score (nSPS) is 28.1. The van der Waals surface area contributed by atoms with Crippen molar-refractivity contribution in [2.45, 2.75) is 18.1 Å². The summed E-state index contributed by atoms with van der Waals surface area (Å²) >= 11 is 5.92. The second-order valence-corrected chi connectivity index (χ2v) is 6.64. The van der Waals surface area contributed by atoms with Crippen LogP contribution in [0.15, 0.2) is 30.3 Å². The highest BCUT2D eigenvalue weighted by atomic mass is 35.5. The van der Waals surface area contributed by atoms with Crippen LogP contribution in [0.2, 0.25) is 0 Å². The molecule has 16 heavy (non-hydrogen) atoms. The standard InChI is InChI=1S/C11H13ClO3S/c12-10-7-16(13,14)8-11(10)15-6-9-4-2-1-3-5-9/h1-5,10-11H,6-8H2. The molecule has 0 bridgehead atoms. The Morgan fingerprint density at radius 2 is 1.94 bits per heavy atom. The summed E-state index contributed by atoms with van der Waals surface area (Å²) in [6.07, 6.45) is -0.383. The van der Waals surface area contributed by atoms with Gasteiger partial charge in [-0.2, -0.15) is 0 Å². The van der Waals surface area contributed by atoms with Gasteiger partial charge in [0.2, 0.25) is 0 Å². The molecule has 88 valence electrons. The van der Waals surface area contributed by atoms with Gasteiger partial charge >= 0.3 is 0 Å². The number of alkyl halides is 1. The number of sulfone groups is 1. The summed E-state index contributed by atoms with van der Waals surface area (Å²) < 4.78 is 28.1. The first-order chi connectivity index (χ1) is 7.57. The van der Waals surface area contributed by atoms with Gasteiger partial charge in [-0.1, -0.05) is 30.3 Å². The molecular formula is C11H13ClO3S. The van der Waals surface area contributed by atoms with Crippen LogP contribution >= 0.6 is 11.6 Å². The van der Waals surface area contributed by atoms with Crippen molar-refractivity contribution in [2.24, 2.45) is 0 Å². The first-order valence-corrected chi connectivity index (χ1v) is 7.33. The quantitative estimate of drug-likeness (QED) is 0.776. The van der Waals surface area contributed by atoms with Crippen molar-refractivity contribution in [3.05, 3.63) is 35.9 Å². The monoisotopic (exact) mass is 260 g/mol. The first kappa shape index (κ1) is 11.9. The third-order valence-electron chi connectivity index (χ3n) is 2.54. The molecule has 1 aliphatic rings. The van der Waals surface area contributed by atoms with Gasteiger partial charge in [0.15, 0.2) is 9.84 Å². The number of rotatable bonds is 3. The van der Waals surface area contributed by atoms with Crippen molar-refractivity contribution in [1.29, 1.82) is 0 Å². The molecule has 0 saturated carbocycles. The second kappa shape index (κ2) is 4.73. The fourth-order valence-electron chi connectivity index (χ4n) is 1.70. The molecule has 1 fully saturated rings. The van der Waals surface area contributed by atoms with Crippen LogP contribution in [0, 0.1) is 0 Å². The summed E-state index contributed by atoms with van der Waals surface area (Å²) in [7, 11) is -3.01. The number of hydrogen-bond acceptors (Lipinski definition) is 3. The average molecular weight is 261 g/mol. The Morgan fingerprint density at radius 3 is 2.50 bits per heavy atom. The fourth-order valence-corrected chi connectivity index (χ4v) is 4.21. The Bertz CT molecular complexity index is 444. The van der Waals surface area contributed by atoms with E-state index in [-0.39, 0.29) is 17.6 Å². The number of hydrogen-bond donors (Lipinski definition) is 0. The van der Waals surface area contributed by atoms with Crippen molar-refractivity contribution in [2.75, 3.05) is 11.5 Å². The Kier molecular flexibility index (Phi) is 3.52. The van der Waals surface area contributed by atoms with E-state index in [1.807, 2.05) is 30.3 Å². The summed E-state index contributed by atoms with van der Waals surface area (Å²) in [5, 5.41) is -0.422. The molecule has 1 aliphatic heterocycles. The Labute approximate surface area is 100 Å². The van der Waals surface area contributed by atoms with Gasteiger partial charge in [0.1, 0.15) is 0 Å². The van der Waals surface area contributed by atoms with Crippen LogP contribution in [0.3, 0.4) is 0 Å². The summed E-state index contributed by atoms with van der Waals surface area (Å²) in [6, 6.07) is 9.64. The summed E-state index contributed by atoms with van der Waals surface area (Å²) in [4.78, 5) is 0. The van der Waals surface area contributed by atoms with E-state index in [4.69, 9.17) is 16.3 Å². The molecule has 1 saturated heterocycles. The van der Waals surface area contributed by atoms with Gasteiger partial charge in [-0.15, -0.1) is 11.6 Å². The molecule has 1 aromatic carbocycles. The predicted molar refractivity (Wildman–Crippen MR) is 63.3 cm³/mol. The lowest BCUT2D eigenvalue weighted by atomic mass is 10.2. The van der Waals surface area contributed by atoms with Gasteiger partial charge in [-0.25, -0.2) is 8.42 Å². The van der Waals surface area contributed by atoms with E-state index in [9.17, 15) is 8.42 Å². The molecule has 0 radical (unpaired) electrons. The molecule has 0 aromatic heterocycles. The van der Waals surface area contributed by atoms with Crippen molar-refractivity contribution in [3.63, 3.8) is 0 Å². The lowest BCUT2D eigenvalue weighted by Crippen LogP contribution is -2.22. The zero-order valence-corrected chi connectivity index (χ0v) is 10.2. The smallest absolute Gasteiger partial charge is 0.154 e. The van der Waals surface area contributed by atoms with E-state index in [2.05, 4.69) is 0 Å². The maximum absolute atomic E-state index is 11.3. The predicted octanol–water partition coefficient (Wildman–Crippen LogP) is 1.61. The maximum atomic E-state index is 11.3. The maximum Gasteiger partial charge on any atom is 0.154 e. The molecule has 2 rings (SSSR count). The van der Waals surface area contributed by atoms with Crippen LogP contribution in [0.1, 0.15) is 5.56 Å². The number of ether oxygens (including phenoxy) is 1. The molecular weight excluding hydrogens is 248 g/mol. The summed E-state index contributed by atoms with van der Waals surface area (Å²) in [5.41, 5.74) is 1.02. The van der Waals surface area contributed by atoms with Crippen LogP contribution in [0.4, 0.5) is 0 Å². The highest BCUT2D eigenvalue weighted by molar-refractivity contribution is 7.91. The molecule has 1 heterocycles. The largest absolute Gasteiger partial charge is 0.371 e. The van der Waals surface area contributed by atoms with E-state index in [1.54, 1.807) is 0 Å². The van der Waals surface area contributed by atoms with E-state index < -0.39 is 15.2 Å². The SMILES string of the molecule is O=S1(=O)CC(Cl)C(OCc2ccccc2)C1. The molecule has 2 atom stereocenters. The van der Waals surface area contributed by atoms with Gasteiger partial charge in [-0.05, 0) is 5.56 Å². The highest BCUT2D eigenvalue weighted by Crippen LogP contribution is 2.21. The van der Waals surface area contributed by atoms with Crippen molar-refractivity contribution in [1.82, 2.24) is 0 Å². The molecule has 1 aromatic rings. The number of benzene rings is 1. The molecule has 5 heteroatoms. The van der Waals surface area contributed by atoms with Crippen LogP contribution in [0.25, 0.3) is 0 Å². The molecule has 0 amide bonds. The first-order valence-electron chi connectivity index (χ1n) is 5.07. The van der Waals surface area contributed by atoms with Crippen molar-refractivity contribution in [3.8, 4) is 0 Å². The molecule has 0 N–H and O–H groups in total. The van der Waals surface area contributed by atoms with Crippen LogP contribution in [0.5, 0.6) is 0 Å². The summed E-state index contributed by atoms with van der Waals surface area (Å²) in [5.74, 6) is 0.0576. The minimum atomic E-state index is -3.01. The van der Waals surface area contributed by atoms with E-state index >= 15 is 0 Å². The zero-order valence-electron chi connectivity index (χ0n) is 8.67. The minimum absolute atomic E-state index is 0.0218. The van der Waals surface area contributed by atoms with Gasteiger partial charge in [0.05, 0.1) is 29.6 Å². The number of halogens is 1. The molecule has 0 spiro atoms. The molecule has 0 aliphatic carbocycles. The van der Waals surface area contributed by atoms with E-state index in [0.29, 0.717) is 6.61 Å². The Morgan fingerprint density at radius 1 is 1.25 bits per heavy atom. The molecule has 3 nitrogen and oxygen atoms in total. The lowest BCUT2D eigenvalue weighted by molar-refractivity contribution is 0.0602. The van der Waals surface area contributed by atoms with Crippen LogP contribution in [-0.4, -0.2) is 31.4 Å². The summed E-state index contributed by atoms with van der Waals surface area (Å²) in [6.45, 7) is 0.407. The van der Waals surface area contributed by atoms with E-state index in [1.165, 1.54) is 0 Å². The third kappa shape index (κ3) is 2.97.